The van der Waals surface area contributed by atoms with Crippen LogP contribution in [0.15, 0.2) is 24.4 Å². The minimum Gasteiger partial charge on any atom is -0.506 e. The predicted octanol–water partition coefficient (Wildman–Crippen LogP) is 0.991. The molecule has 4 N–H and O–H groups in total. The molecule has 76 valence electrons. The fraction of sp³-hybridized carbons (Fsp3) is 0. The summed E-state index contributed by atoms with van der Waals surface area (Å²) in [5.41, 5.74) is 5.75. The largest absolute Gasteiger partial charge is 0.506 e. The van der Waals surface area contributed by atoms with Gasteiger partial charge in [-0.05, 0) is 18.3 Å². The second-order valence-electron chi connectivity index (χ2n) is 2.90. The summed E-state index contributed by atoms with van der Waals surface area (Å²) in [7, 11) is 0. The summed E-state index contributed by atoms with van der Waals surface area (Å²) in [5.74, 6) is 0.373. The van der Waals surface area contributed by atoms with Crippen LogP contribution in [-0.4, -0.2) is 20.2 Å². The average molecular weight is 220 g/mol. The molecule has 0 spiro atoms. The lowest BCUT2D eigenvalue weighted by molar-refractivity contribution is 0.480. The van der Waals surface area contributed by atoms with Crippen molar-refractivity contribution < 1.29 is 5.11 Å². The number of anilines is 1. The monoisotopic (exact) mass is 220 g/mol. The number of fused-ring (bicyclic) bond motifs is 1. The van der Waals surface area contributed by atoms with Crippen LogP contribution in [0.25, 0.3) is 10.9 Å². The number of nitrogens with one attached hydrogen (secondary N) is 1. The fourth-order valence-electron chi connectivity index (χ4n) is 1.21. The van der Waals surface area contributed by atoms with E-state index >= 15 is 0 Å². The summed E-state index contributed by atoms with van der Waals surface area (Å²) in [6.45, 7) is 0. The summed E-state index contributed by atoms with van der Waals surface area (Å²) in [6, 6.07) is 5.08. The number of rotatable bonds is 1. The van der Waals surface area contributed by atoms with E-state index in [0.717, 1.165) is 5.39 Å². The topological polar surface area (TPSA) is 84.1 Å². The Bertz CT molecular complexity index is 529. The molecular weight excluding hydrogens is 212 g/mol. The molecule has 1 heterocycles. The minimum atomic E-state index is 0.0878. The van der Waals surface area contributed by atoms with Crippen LogP contribution in [-0.2, 0) is 0 Å². The van der Waals surface area contributed by atoms with Gasteiger partial charge in [0.05, 0.1) is 0 Å². The molecule has 0 saturated heterocycles. The number of hydrogen-bond acceptors (Lipinski definition) is 4. The van der Waals surface area contributed by atoms with Crippen molar-refractivity contribution in [3.63, 3.8) is 0 Å². The molecule has 0 unspecified atom stereocenters. The Labute approximate surface area is 91.0 Å². The van der Waals surface area contributed by atoms with Crippen molar-refractivity contribution in [3.8, 4) is 5.75 Å². The zero-order valence-electron chi connectivity index (χ0n) is 7.64. The number of phenols is 1. The maximum Gasteiger partial charge on any atom is 0.229 e. The Hall–Kier alpha value is -1.95. The van der Waals surface area contributed by atoms with Gasteiger partial charge in [0.25, 0.3) is 0 Å². The molecule has 5 nitrogen and oxygen atoms in total. The summed E-state index contributed by atoms with van der Waals surface area (Å²) in [5, 5.41) is 13.0. The molecule has 2 rings (SSSR count). The van der Waals surface area contributed by atoms with Crippen LogP contribution in [0.3, 0.4) is 0 Å². The van der Waals surface area contributed by atoms with Crippen molar-refractivity contribution in [1.82, 2.24) is 9.97 Å². The first kappa shape index (κ1) is 9.60. The van der Waals surface area contributed by atoms with Crippen LogP contribution in [0.2, 0.25) is 0 Å². The lowest BCUT2D eigenvalue weighted by atomic mass is 10.2. The number of hydrogen-bond donors (Lipinski definition) is 3. The van der Waals surface area contributed by atoms with Crippen LogP contribution < -0.4 is 11.1 Å². The third-order valence-electron chi connectivity index (χ3n) is 1.82. The van der Waals surface area contributed by atoms with Crippen molar-refractivity contribution in [2.24, 2.45) is 5.73 Å². The van der Waals surface area contributed by atoms with Gasteiger partial charge in [-0.1, -0.05) is 12.1 Å². The molecule has 1 aromatic heterocycles. The van der Waals surface area contributed by atoms with Gasteiger partial charge in [-0.3, -0.25) is 0 Å². The summed E-state index contributed by atoms with van der Waals surface area (Å²) < 4.78 is 0. The molecule has 0 amide bonds. The molecule has 0 atom stereocenters. The second-order valence-corrected chi connectivity index (χ2v) is 3.34. The third kappa shape index (κ3) is 1.94. The number of benzene rings is 1. The Kier molecular flexibility index (Phi) is 2.34. The molecule has 0 bridgehead atoms. The highest BCUT2D eigenvalue weighted by Gasteiger charge is 2.03. The van der Waals surface area contributed by atoms with Gasteiger partial charge < -0.3 is 16.2 Å². The van der Waals surface area contributed by atoms with E-state index in [0.29, 0.717) is 5.52 Å². The first-order valence-electron chi connectivity index (χ1n) is 4.18. The number of nitrogens with zero attached hydrogens (tertiary/aromatic N) is 2. The molecular formula is C9H8N4OS. The number of aromatic nitrogens is 2. The molecule has 0 saturated carbocycles. The van der Waals surface area contributed by atoms with E-state index in [9.17, 15) is 5.11 Å². The van der Waals surface area contributed by atoms with E-state index < -0.39 is 0 Å². The van der Waals surface area contributed by atoms with Gasteiger partial charge in [0.15, 0.2) is 5.11 Å². The Morgan fingerprint density at radius 3 is 3.00 bits per heavy atom. The molecule has 0 aliphatic heterocycles. The smallest absolute Gasteiger partial charge is 0.229 e. The van der Waals surface area contributed by atoms with E-state index in [1.807, 2.05) is 0 Å². The highest BCUT2D eigenvalue weighted by atomic mass is 32.1. The fourth-order valence-corrected chi connectivity index (χ4v) is 1.30. The molecule has 2 aromatic rings. The van der Waals surface area contributed by atoms with Crippen molar-refractivity contribution in [2.75, 3.05) is 5.32 Å². The predicted molar refractivity (Wildman–Crippen MR) is 61.6 cm³/mol. The zero-order valence-corrected chi connectivity index (χ0v) is 8.45. The Balaban J connectivity index is 2.54. The van der Waals surface area contributed by atoms with Gasteiger partial charge in [0, 0.05) is 11.6 Å². The summed E-state index contributed by atoms with van der Waals surface area (Å²) in [4.78, 5) is 8.06. The van der Waals surface area contributed by atoms with E-state index in [-0.39, 0.29) is 16.8 Å². The lowest BCUT2D eigenvalue weighted by Gasteiger charge is -2.03. The Morgan fingerprint density at radius 2 is 2.27 bits per heavy atom. The van der Waals surface area contributed by atoms with Gasteiger partial charge in [0.1, 0.15) is 11.3 Å². The van der Waals surface area contributed by atoms with Gasteiger partial charge >= 0.3 is 0 Å². The van der Waals surface area contributed by atoms with Gasteiger partial charge in [-0.25, -0.2) is 9.97 Å². The molecule has 1 aromatic carbocycles. The number of aromatic hydroxyl groups is 1. The van der Waals surface area contributed by atoms with Crippen molar-refractivity contribution in [2.45, 2.75) is 0 Å². The zero-order chi connectivity index (χ0) is 10.8. The van der Waals surface area contributed by atoms with E-state index in [1.165, 1.54) is 0 Å². The van der Waals surface area contributed by atoms with Crippen LogP contribution in [0, 0.1) is 0 Å². The lowest BCUT2D eigenvalue weighted by Crippen LogP contribution is -2.20. The highest BCUT2D eigenvalue weighted by molar-refractivity contribution is 7.80. The van der Waals surface area contributed by atoms with Crippen molar-refractivity contribution in [3.05, 3.63) is 24.4 Å². The molecule has 15 heavy (non-hydrogen) atoms. The number of phenolic OH excluding ortho intramolecular Hbond substituents is 1. The highest BCUT2D eigenvalue weighted by Crippen LogP contribution is 2.22. The van der Waals surface area contributed by atoms with Gasteiger partial charge in [-0.2, -0.15) is 0 Å². The van der Waals surface area contributed by atoms with Crippen LogP contribution in [0.4, 0.5) is 5.95 Å². The van der Waals surface area contributed by atoms with Crippen LogP contribution >= 0.6 is 12.2 Å². The molecule has 0 radical (unpaired) electrons. The van der Waals surface area contributed by atoms with Crippen LogP contribution in [0.5, 0.6) is 5.75 Å². The van der Waals surface area contributed by atoms with Crippen molar-refractivity contribution in [1.29, 1.82) is 0 Å². The summed E-state index contributed by atoms with van der Waals surface area (Å²) in [6.07, 6.45) is 1.59. The van der Waals surface area contributed by atoms with E-state index in [1.54, 1.807) is 24.4 Å². The molecule has 0 aliphatic rings. The third-order valence-corrected chi connectivity index (χ3v) is 1.93. The normalized spacial score (nSPS) is 10.1. The first-order chi connectivity index (χ1) is 7.16. The SMILES string of the molecule is NC(=S)Nc1ncc2cccc(O)c2n1. The number of nitrogens with two attached hydrogens (primary N) is 1. The number of para-hydroxylation sites is 1. The summed E-state index contributed by atoms with van der Waals surface area (Å²) >= 11 is 4.66. The van der Waals surface area contributed by atoms with Gasteiger partial charge in [0.2, 0.25) is 5.95 Å². The average Bonchev–Trinajstić information content (AvgIpc) is 2.18. The molecule has 0 aliphatic carbocycles. The standard InChI is InChI=1S/C9H8N4OS/c10-8(15)13-9-11-4-5-2-1-3-6(14)7(5)12-9/h1-4,14H,(H3,10,11,12,13,15). The Morgan fingerprint density at radius 1 is 1.47 bits per heavy atom. The molecule has 0 fully saturated rings. The first-order valence-corrected chi connectivity index (χ1v) is 4.59. The second kappa shape index (κ2) is 3.66. The van der Waals surface area contributed by atoms with Crippen molar-refractivity contribution >= 4 is 34.2 Å². The maximum atomic E-state index is 9.55. The van der Waals surface area contributed by atoms with E-state index in [4.69, 9.17) is 5.73 Å². The van der Waals surface area contributed by atoms with Crippen LogP contribution in [0.1, 0.15) is 0 Å². The molecule has 6 heteroatoms. The quantitative estimate of drug-likeness (QED) is 0.621. The minimum absolute atomic E-state index is 0.0878. The maximum absolute atomic E-state index is 9.55. The van der Waals surface area contributed by atoms with E-state index in [2.05, 4.69) is 27.5 Å². The number of thiocarbonyl (C=S) groups is 1. The van der Waals surface area contributed by atoms with Gasteiger partial charge in [-0.15, -0.1) is 0 Å².